The van der Waals surface area contributed by atoms with Gasteiger partial charge in [0.1, 0.15) is 0 Å². The first-order valence-electron chi connectivity index (χ1n) is 8.35. The molecular weight excluding hydrogens is 252 g/mol. The third-order valence-electron chi connectivity index (χ3n) is 6.13. The van der Waals surface area contributed by atoms with Gasteiger partial charge in [0.05, 0.1) is 11.0 Å². The fraction of sp³-hybridized carbons (Fsp3) is 0.938. The summed E-state index contributed by atoms with van der Waals surface area (Å²) in [7, 11) is 0. The van der Waals surface area contributed by atoms with Gasteiger partial charge in [0.25, 0.3) is 0 Å². The van der Waals surface area contributed by atoms with Gasteiger partial charge in [-0.2, -0.15) is 0 Å². The van der Waals surface area contributed by atoms with Gasteiger partial charge in [0.15, 0.2) is 0 Å². The summed E-state index contributed by atoms with van der Waals surface area (Å²) in [6.45, 7) is 1.97. The van der Waals surface area contributed by atoms with Gasteiger partial charge in [0, 0.05) is 13.1 Å². The number of hydrazine groups is 1. The van der Waals surface area contributed by atoms with Crippen molar-refractivity contribution in [2.24, 2.45) is 17.3 Å². The highest BCUT2D eigenvalue weighted by Gasteiger charge is 2.60. The largest absolute Gasteiger partial charge is 0.390 e. The summed E-state index contributed by atoms with van der Waals surface area (Å²) in [5.41, 5.74) is 2.37. The molecule has 1 aliphatic heterocycles. The van der Waals surface area contributed by atoms with E-state index in [9.17, 15) is 9.90 Å². The van der Waals surface area contributed by atoms with Crippen LogP contribution in [-0.2, 0) is 4.79 Å². The molecule has 0 aromatic carbocycles. The van der Waals surface area contributed by atoms with Crippen LogP contribution in [0.3, 0.4) is 0 Å². The van der Waals surface area contributed by atoms with E-state index in [1.165, 1.54) is 25.7 Å². The van der Waals surface area contributed by atoms with Crippen molar-refractivity contribution in [3.05, 3.63) is 0 Å². The minimum absolute atomic E-state index is 0.201. The summed E-state index contributed by atoms with van der Waals surface area (Å²) in [5, 5.41) is 12.8. The Labute approximate surface area is 120 Å². The molecule has 5 aliphatic rings. The minimum atomic E-state index is -0.538. The maximum atomic E-state index is 12.8. The Bertz CT molecular complexity index is 403. The predicted octanol–water partition coefficient (Wildman–Crippen LogP) is 1.83. The monoisotopic (exact) mass is 278 g/mol. The van der Waals surface area contributed by atoms with Crippen LogP contribution in [0, 0.1) is 17.3 Å². The molecule has 4 aliphatic carbocycles. The molecule has 1 saturated heterocycles. The summed E-state index contributed by atoms with van der Waals surface area (Å²) < 4.78 is 0. The molecule has 4 heteroatoms. The lowest BCUT2D eigenvalue weighted by atomic mass is 9.47. The van der Waals surface area contributed by atoms with Gasteiger partial charge in [-0.3, -0.25) is 10.2 Å². The van der Waals surface area contributed by atoms with Crippen LogP contribution in [0.4, 0.5) is 0 Å². The highest BCUT2D eigenvalue weighted by atomic mass is 16.3. The number of carbonyl (C=O) groups is 1. The maximum absolute atomic E-state index is 12.8. The second kappa shape index (κ2) is 4.44. The Morgan fingerprint density at radius 2 is 1.70 bits per heavy atom. The van der Waals surface area contributed by atoms with E-state index in [1.807, 2.05) is 0 Å². The summed E-state index contributed by atoms with van der Waals surface area (Å²) >= 11 is 0. The van der Waals surface area contributed by atoms with Crippen LogP contribution in [0.25, 0.3) is 0 Å². The second-order valence-corrected chi connectivity index (χ2v) is 7.95. The van der Waals surface area contributed by atoms with Crippen molar-refractivity contribution in [2.45, 2.75) is 63.4 Å². The van der Waals surface area contributed by atoms with Crippen molar-refractivity contribution in [1.29, 1.82) is 0 Å². The molecule has 1 amide bonds. The average molecular weight is 278 g/mol. The SMILES string of the molecule is O=C(NN1CCCCC1)C12CC3CC(CC(O)(C3)C1)C2. The van der Waals surface area contributed by atoms with Gasteiger partial charge in [0.2, 0.25) is 5.91 Å². The smallest absolute Gasteiger partial charge is 0.240 e. The third kappa shape index (κ3) is 2.08. The van der Waals surface area contributed by atoms with Gasteiger partial charge >= 0.3 is 0 Å². The normalized spacial score (nSPS) is 47.5. The number of hydrogen-bond donors (Lipinski definition) is 2. The number of hydrogen-bond acceptors (Lipinski definition) is 3. The fourth-order valence-corrected chi connectivity index (χ4v) is 5.75. The second-order valence-electron chi connectivity index (χ2n) is 7.95. The van der Waals surface area contributed by atoms with Crippen molar-refractivity contribution in [2.75, 3.05) is 13.1 Å². The number of nitrogens with zero attached hydrogens (tertiary/aromatic N) is 1. The molecule has 4 nitrogen and oxygen atoms in total. The highest BCUT2D eigenvalue weighted by Crippen LogP contribution is 2.61. The van der Waals surface area contributed by atoms with Gasteiger partial charge in [-0.25, -0.2) is 5.01 Å². The highest BCUT2D eigenvalue weighted by molar-refractivity contribution is 5.83. The van der Waals surface area contributed by atoms with Crippen LogP contribution < -0.4 is 5.43 Å². The molecule has 5 rings (SSSR count). The molecule has 20 heavy (non-hydrogen) atoms. The number of aliphatic hydroxyl groups is 1. The van der Waals surface area contributed by atoms with E-state index in [0.717, 1.165) is 38.8 Å². The van der Waals surface area contributed by atoms with E-state index in [4.69, 9.17) is 0 Å². The zero-order valence-corrected chi connectivity index (χ0v) is 12.2. The maximum Gasteiger partial charge on any atom is 0.240 e. The van der Waals surface area contributed by atoms with E-state index in [1.54, 1.807) is 0 Å². The van der Waals surface area contributed by atoms with Crippen molar-refractivity contribution in [1.82, 2.24) is 10.4 Å². The van der Waals surface area contributed by atoms with Crippen LogP contribution in [0.2, 0.25) is 0 Å². The third-order valence-corrected chi connectivity index (χ3v) is 6.13. The van der Waals surface area contributed by atoms with Gasteiger partial charge in [-0.05, 0) is 63.2 Å². The first-order valence-corrected chi connectivity index (χ1v) is 8.35. The molecule has 0 aromatic rings. The Morgan fingerprint density at radius 1 is 1.05 bits per heavy atom. The summed E-state index contributed by atoms with van der Waals surface area (Å²) in [6, 6.07) is 0. The quantitative estimate of drug-likeness (QED) is 0.810. The summed E-state index contributed by atoms with van der Waals surface area (Å²) in [4.78, 5) is 12.8. The topological polar surface area (TPSA) is 52.6 Å². The Kier molecular flexibility index (Phi) is 2.90. The molecule has 4 bridgehead atoms. The van der Waals surface area contributed by atoms with Gasteiger partial charge < -0.3 is 5.11 Å². The molecule has 2 N–H and O–H groups in total. The zero-order chi connectivity index (χ0) is 13.8. The molecule has 5 fully saturated rings. The Balaban J connectivity index is 1.50. The van der Waals surface area contributed by atoms with Crippen LogP contribution in [0.1, 0.15) is 57.8 Å². The number of carbonyl (C=O) groups excluding carboxylic acids is 1. The lowest BCUT2D eigenvalue weighted by molar-refractivity contribution is -0.181. The first-order chi connectivity index (χ1) is 9.57. The molecule has 0 spiro atoms. The van der Waals surface area contributed by atoms with E-state index in [0.29, 0.717) is 18.3 Å². The van der Waals surface area contributed by atoms with E-state index in [2.05, 4.69) is 10.4 Å². The lowest BCUT2D eigenvalue weighted by Crippen LogP contribution is -2.62. The van der Waals surface area contributed by atoms with Gasteiger partial charge in [-0.1, -0.05) is 6.42 Å². The standard InChI is InChI=1S/C16H26N2O2/c19-14(17-18-4-2-1-3-5-18)15-7-12-6-13(8-15)10-16(20,9-12)11-15/h12-13,20H,1-11H2,(H,17,19). The molecule has 4 saturated carbocycles. The van der Waals surface area contributed by atoms with E-state index >= 15 is 0 Å². The number of piperidine rings is 1. The molecule has 2 unspecified atom stereocenters. The Morgan fingerprint density at radius 3 is 2.30 bits per heavy atom. The van der Waals surface area contributed by atoms with Crippen LogP contribution >= 0.6 is 0 Å². The van der Waals surface area contributed by atoms with Crippen molar-refractivity contribution < 1.29 is 9.90 Å². The Hall–Kier alpha value is -0.610. The van der Waals surface area contributed by atoms with Crippen LogP contribution in [0.15, 0.2) is 0 Å². The van der Waals surface area contributed by atoms with Crippen molar-refractivity contribution in [3.63, 3.8) is 0 Å². The van der Waals surface area contributed by atoms with Crippen molar-refractivity contribution >= 4 is 5.91 Å². The predicted molar refractivity (Wildman–Crippen MR) is 75.6 cm³/mol. The van der Waals surface area contributed by atoms with E-state index < -0.39 is 5.60 Å². The molecule has 2 atom stereocenters. The zero-order valence-electron chi connectivity index (χ0n) is 12.2. The van der Waals surface area contributed by atoms with Crippen molar-refractivity contribution in [3.8, 4) is 0 Å². The van der Waals surface area contributed by atoms with Gasteiger partial charge in [-0.15, -0.1) is 0 Å². The minimum Gasteiger partial charge on any atom is -0.390 e. The fourth-order valence-electron chi connectivity index (χ4n) is 5.75. The summed E-state index contributed by atoms with van der Waals surface area (Å²) in [6.07, 6.45) is 9.46. The molecule has 112 valence electrons. The summed E-state index contributed by atoms with van der Waals surface area (Å²) in [5.74, 6) is 1.36. The number of nitrogens with one attached hydrogen (secondary N) is 1. The first kappa shape index (κ1) is 13.1. The average Bonchev–Trinajstić information content (AvgIpc) is 2.37. The molecule has 1 heterocycles. The van der Waals surface area contributed by atoms with Crippen LogP contribution in [0.5, 0.6) is 0 Å². The molecular formula is C16H26N2O2. The number of amides is 1. The number of rotatable bonds is 2. The van der Waals surface area contributed by atoms with E-state index in [-0.39, 0.29) is 11.3 Å². The van der Waals surface area contributed by atoms with Crippen LogP contribution in [-0.4, -0.2) is 34.7 Å². The lowest BCUT2D eigenvalue weighted by Gasteiger charge is -2.59. The molecule has 0 aromatic heterocycles. The molecule has 0 radical (unpaired) electrons.